The Morgan fingerprint density at radius 3 is 2.45 bits per heavy atom. The lowest BCUT2D eigenvalue weighted by Crippen LogP contribution is -2.29. The van der Waals surface area contributed by atoms with Gasteiger partial charge in [0.05, 0.1) is 0 Å². The minimum absolute atomic E-state index is 0.312. The largest absolute Gasteiger partial charge is 0.342 e. The third-order valence-electron chi connectivity index (χ3n) is 2.73. The van der Waals surface area contributed by atoms with Crippen molar-refractivity contribution in [3.05, 3.63) is 29.3 Å². The molecular weight excluding hydrogens is 312 g/mol. The lowest BCUT2D eigenvalue weighted by Gasteiger charge is -2.18. The van der Waals surface area contributed by atoms with Gasteiger partial charge in [0, 0.05) is 24.3 Å². The highest BCUT2D eigenvalue weighted by atomic mass is 35.7. The SMILES string of the molecule is CCCCN(C)C(=O)c1c(F)ccc(S(=O)(=O)Cl)c1F. The maximum Gasteiger partial charge on any atom is 0.264 e. The molecule has 0 spiro atoms. The van der Waals surface area contributed by atoms with Crippen molar-refractivity contribution in [2.45, 2.75) is 24.7 Å². The van der Waals surface area contributed by atoms with Gasteiger partial charge < -0.3 is 4.90 Å². The highest BCUT2D eigenvalue weighted by molar-refractivity contribution is 8.13. The number of unbranched alkanes of at least 4 members (excludes halogenated alkanes) is 1. The zero-order chi connectivity index (χ0) is 15.5. The average Bonchev–Trinajstić information content (AvgIpc) is 2.34. The van der Waals surface area contributed by atoms with Gasteiger partial charge in [-0.1, -0.05) is 13.3 Å². The van der Waals surface area contributed by atoms with Gasteiger partial charge in [0.2, 0.25) is 0 Å². The first-order valence-corrected chi connectivity index (χ1v) is 8.19. The molecule has 0 saturated carbocycles. The molecule has 0 unspecified atom stereocenters. The molecule has 8 heteroatoms. The van der Waals surface area contributed by atoms with Crippen molar-refractivity contribution in [1.29, 1.82) is 0 Å². The number of amides is 1. The van der Waals surface area contributed by atoms with Crippen LogP contribution in [0.3, 0.4) is 0 Å². The van der Waals surface area contributed by atoms with Crippen molar-refractivity contribution in [2.75, 3.05) is 13.6 Å². The van der Waals surface area contributed by atoms with E-state index in [1.165, 1.54) is 7.05 Å². The summed E-state index contributed by atoms with van der Waals surface area (Å²) in [5.74, 6) is -3.51. The van der Waals surface area contributed by atoms with E-state index < -0.39 is 37.1 Å². The second-order valence-corrected chi connectivity index (χ2v) is 6.79. The Hall–Kier alpha value is -1.21. The van der Waals surface area contributed by atoms with Crippen LogP contribution in [0.15, 0.2) is 17.0 Å². The Labute approximate surface area is 120 Å². The number of benzene rings is 1. The molecule has 0 bridgehead atoms. The van der Waals surface area contributed by atoms with Crippen molar-refractivity contribution in [2.24, 2.45) is 0 Å². The van der Waals surface area contributed by atoms with Crippen LogP contribution in [-0.2, 0) is 9.05 Å². The Morgan fingerprint density at radius 1 is 1.35 bits per heavy atom. The van der Waals surface area contributed by atoms with Gasteiger partial charge in [-0.15, -0.1) is 0 Å². The molecule has 112 valence electrons. The third kappa shape index (κ3) is 3.67. The third-order valence-corrected chi connectivity index (χ3v) is 4.07. The monoisotopic (exact) mass is 325 g/mol. The van der Waals surface area contributed by atoms with Gasteiger partial charge in [-0.05, 0) is 18.6 Å². The summed E-state index contributed by atoms with van der Waals surface area (Å²) in [7, 11) is 2.04. The van der Waals surface area contributed by atoms with E-state index in [-0.39, 0.29) is 0 Å². The lowest BCUT2D eigenvalue weighted by atomic mass is 10.1. The predicted molar refractivity (Wildman–Crippen MR) is 71.3 cm³/mol. The fourth-order valence-corrected chi connectivity index (χ4v) is 2.51. The molecule has 1 aromatic rings. The quantitative estimate of drug-likeness (QED) is 0.782. The number of hydrogen-bond acceptors (Lipinski definition) is 3. The van der Waals surface area contributed by atoms with Crippen molar-refractivity contribution in [3.8, 4) is 0 Å². The van der Waals surface area contributed by atoms with E-state index in [0.717, 1.165) is 11.3 Å². The Balaban J connectivity index is 3.28. The minimum Gasteiger partial charge on any atom is -0.342 e. The van der Waals surface area contributed by atoms with Crippen LogP contribution >= 0.6 is 10.7 Å². The molecule has 0 fully saturated rings. The van der Waals surface area contributed by atoms with Crippen LogP contribution in [0.4, 0.5) is 8.78 Å². The van der Waals surface area contributed by atoms with Gasteiger partial charge in [0.1, 0.15) is 16.3 Å². The van der Waals surface area contributed by atoms with Crippen molar-refractivity contribution in [3.63, 3.8) is 0 Å². The van der Waals surface area contributed by atoms with Gasteiger partial charge in [0.15, 0.2) is 5.82 Å². The topological polar surface area (TPSA) is 54.5 Å². The standard InChI is InChI=1S/C12H14ClF2NO3S/c1-3-4-7-16(2)12(17)10-8(14)5-6-9(11(10)15)20(13,18)19/h5-6H,3-4,7H2,1-2H3. The van der Waals surface area contributed by atoms with E-state index in [9.17, 15) is 22.0 Å². The molecule has 0 aliphatic carbocycles. The molecule has 0 heterocycles. The number of nitrogens with zero attached hydrogens (tertiary/aromatic N) is 1. The van der Waals surface area contributed by atoms with E-state index in [4.69, 9.17) is 10.7 Å². The number of hydrogen-bond donors (Lipinski definition) is 0. The molecule has 0 N–H and O–H groups in total. The molecular formula is C12H14ClF2NO3S. The van der Waals surface area contributed by atoms with Gasteiger partial charge in [0.25, 0.3) is 15.0 Å². The number of rotatable bonds is 5. The summed E-state index contributed by atoms with van der Waals surface area (Å²) in [6, 6.07) is 1.40. The van der Waals surface area contributed by atoms with E-state index in [2.05, 4.69) is 0 Å². The van der Waals surface area contributed by atoms with Crippen LogP contribution in [0.5, 0.6) is 0 Å². The van der Waals surface area contributed by atoms with Crippen LogP contribution < -0.4 is 0 Å². The first kappa shape index (κ1) is 16.8. The molecule has 20 heavy (non-hydrogen) atoms. The van der Waals surface area contributed by atoms with Crippen molar-refractivity contribution >= 4 is 25.6 Å². The smallest absolute Gasteiger partial charge is 0.264 e. The molecule has 1 aromatic carbocycles. The summed E-state index contributed by atoms with van der Waals surface area (Å²) in [6.45, 7) is 2.21. The summed E-state index contributed by atoms with van der Waals surface area (Å²) < 4.78 is 50.0. The fraction of sp³-hybridized carbons (Fsp3) is 0.417. The summed E-state index contributed by atoms with van der Waals surface area (Å²) in [5, 5.41) is 0. The zero-order valence-electron chi connectivity index (χ0n) is 11.0. The Morgan fingerprint density at radius 2 is 1.95 bits per heavy atom. The fourth-order valence-electron chi connectivity index (χ4n) is 1.61. The predicted octanol–water partition coefficient (Wildman–Crippen LogP) is 2.76. The Kier molecular flexibility index (Phi) is 5.47. The van der Waals surface area contributed by atoms with Gasteiger partial charge >= 0.3 is 0 Å². The second-order valence-electron chi connectivity index (χ2n) is 4.25. The van der Waals surface area contributed by atoms with Gasteiger partial charge in [-0.2, -0.15) is 0 Å². The molecule has 4 nitrogen and oxygen atoms in total. The summed E-state index contributed by atoms with van der Waals surface area (Å²) in [4.78, 5) is 12.2. The van der Waals surface area contributed by atoms with Crippen LogP contribution in [0, 0.1) is 11.6 Å². The van der Waals surface area contributed by atoms with E-state index in [1.54, 1.807) is 0 Å². The first-order chi connectivity index (χ1) is 9.20. The molecule has 0 aliphatic rings. The van der Waals surface area contributed by atoms with E-state index >= 15 is 0 Å². The van der Waals surface area contributed by atoms with Crippen LogP contribution in [-0.4, -0.2) is 32.8 Å². The number of carbonyl (C=O) groups excluding carboxylic acids is 1. The maximum atomic E-state index is 14.0. The average molecular weight is 326 g/mol. The summed E-state index contributed by atoms with van der Waals surface area (Å²) in [6.07, 6.45) is 1.47. The summed E-state index contributed by atoms with van der Waals surface area (Å²) in [5.41, 5.74) is -0.912. The normalized spacial score (nSPS) is 11.4. The van der Waals surface area contributed by atoms with E-state index in [0.29, 0.717) is 25.1 Å². The number of halogens is 3. The number of carbonyl (C=O) groups is 1. The lowest BCUT2D eigenvalue weighted by molar-refractivity contribution is 0.0783. The van der Waals surface area contributed by atoms with Crippen molar-refractivity contribution in [1.82, 2.24) is 4.90 Å². The molecule has 0 atom stereocenters. The van der Waals surface area contributed by atoms with Crippen LogP contribution in [0.25, 0.3) is 0 Å². The minimum atomic E-state index is -4.39. The second kappa shape index (κ2) is 6.49. The highest BCUT2D eigenvalue weighted by Gasteiger charge is 2.27. The van der Waals surface area contributed by atoms with Gasteiger partial charge in [-0.3, -0.25) is 4.79 Å². The highest BCUT2D eigenvalue weighted by Crippen LogP contribution is 2.24. The van der Waals surface area contributed by atoms with Crippen LogP contribution in [0.2, 0.25) is 0 Å². The maximum absolute atomic E-state index is 14.0. The zero-order valence-corrected chi connectivity index (χ0v) is 12.6. The molecule has 1 amide bonds. The first-order valence-electron chi connectivity index (χ1n) is 5.88. The Bertz CT molecular complexity index is 619. The summed E-state index contributed by atoms with van der Waals surface area (Å²) >= 11 is 0. The van der Waals surface area contributed by atoms with Gasteiger partial charge in [-0.25, -0.2) is 17.2 Å². The molecule has 0 aromatic heterocycles. The molecule has 0 radical (unpaired) electrons. The van der Waals surface area contributed by atoms with Crippen molar-refractivity contribution < 1.29 is 22.0 Å². The molecule has 1 rings (SSSR count). The van der Waals surface area contributed by atoms with Crippen LogP contribution in [0.1, 0.15) is 30.1 Å². The molecule has 0 saturated heterocycles. The van der Waals surface area contributed by atoms with E-state index in [1.807, 2.05) is 6.92 Å². The molecule has 0 aliphatic heterocycles.